The minimum atomic E-state index is -0.586. The zero-order valence-corrected chi connectivity index (χ0v) is 11.8. The van der Waals surface area contributed by atoms with Gasteiger partial charge in [-0.2, -0.15) is 0 Å². The predicted octanol–water partition coefficient (Wildman–Crippen LogP) is 1.92. The fraction of sp³-hybridized carbons (Fsp3) is 0.571. The first-order valence-corrected chi connectivity index (χ1v) is 5.99. The van der Waals surface area contributed by atoms with E-state index in [2.05, 4.69) is 0 Å². The molecular formula is C14H23NO3. The smallest absolute Gasteiger partial charge is 0.142 e. The molecule has 0 fully saturated rings. The number of hydrogen-bond acceptors (Lipinski definition) is 4. The van der Waals surface area contributed by atoms with E-state index in [9.17, 15) is 5.11 Å². The molecule has 0 aliphatic heterocycles. The fourth-order valence-electron chi connectivity index (χ4n) is 1.66. The van der Waals surface area contributed by atoms with Crippen LogP contribution in [-0.2, 0) is 4.74 Å². The Balaban J connectivity index is 2.79. The number of anilines is 1. The van der Waals surface area contributed by atoms with E-state index in [1.54, 1.807) is 14.2 Å². The molecule has 1 rings (SSSR count). The van der Waals surface area contributed by atoms with E-state index < -0.39 is 11.7 Å². The lowest BCUT2D eigenvalue weighted by Gasteiger charge is -2.33. The van der Waals surface area contributed by atoms with E-state index in [4.69, 9.17) is 9.47 Å². The van der Waals surface area contributed by atoms with Crippen molar-refractivity contribution in [1.29, 1.82) is 0 Å². The van der Waals surface area contributed by atoms with Gasteiger partial charge >= 0.3 is 0 Å². The van der Waals surface area contributed by atoms with Gasteiger partial charge in [0, 0.05) is 20.7 Å². The Kier molecular flexibility index (Phi) is 4.99. The highest BCUT2D eigenvalue weighted by Crippen LogP contribution is 2.27. The van der Waals surface area contributed by atoms with Crippen LogP contribution in [-0.4, -0.2) is 44.6 Å². The summed E-state index contributed by atoms with van der Waals surface area (Å²) in [6, 6.07) is 7.74. The molecule has 1 aromatic rings. The first-order valence-electron chi connectivity index (χ1n) is 5.99. The molecule has 1 N–H and O–H groups in total. The predicted molar refractivity (Wildman–Crippen MR) is 73.4 cm³/mol. The van der Waals surface area contributed by atoms with Gasteiger partial charge in [0.1, 0.15) is 5.75 Å². The van der Waals surface area contributed by atoms with E-state index >= 15 is 0 Å². The van der Waals surface area contributed by atoms with Crippen LogP contribution in [0.4, 0.5) is 5.69 Å². The van der Waals surface area contributed by atoms with Gasteiger partial charge < -0.3 is 19.5 Å². The maximum absolute atomic E-state index is 10.2. The summed E-state index contributed by atoms with van der Waals surface area (Å²) in [5.41, 5.74) is 0.377. The summed E-state index contributed by atoms with van der Waals surface area (Å²) in [7, 11) is 5.17. The van der Waals surface area contributed by atoms with Crippen molar-refractivity contribution in [3.05, 3.63) is 24.3 Å². The van der Waals surface area contributed by atoms with Crippen molar-refractivity contribution in [3.8, 4) is 5.75 Å². The first kappa shape index (κ1) is 14.8. The fourth-order valence-corrected chi connectivity index (χ4v) is 1.66. The Morgan fingerprint density at radius 2 is 1.89 bits per heavy atom. The van der Waals surface area contributed by atoms with Gasteiger partial charge in [-0.3, -0.25) is 0 Å². The molecular weight excluding hydrogens is 230 g/mol. The summed E-state index contributed by atoms with van der Waals surface area (Å²) >= 11 is 0. The molecule has 0 radical (unpaired) electrons. The van der Waals surface area contributed by atoms with Crippen LogP contribution in [0.3, 0.4) is 0 Å². The average Bonchev–Trinajstić information content (AvgIpc) is 2.38. The second-order valence-electron chi connectivity index (χ2n) is 4.88. The summed E-state index contributed by atoms with van der Waals surface area (Å²) in [6.45, 7) is 4.21. The molecule has 4 nitrogen and oxygen atoms in total. The van der Waals surface area contributed by atoms with Crippen LogP contribution in [0.5, 0.6) is 5.75 Å². The van der Waals surface area contributed by atoms with Gasteiger partial charge in [0.25, 0.3) is 0 Å². The lowest BCUT2D eigenvalue weighted by atomic mass is 10.0. The lowest BCUT2D eigenvalue weighted by molar-refractivity contribution is -0.0729. The van der Waals surface area contributed by atoms with E-state index in [0.29, 0.717) is 6.54 Å². The Hall–Kier alpha value is -1.26. The molecule has 0 bridgehead atoms. The van der Waals surface area contributed by atoms with Crippen LogP contribution in [0.25, 0.3) is 0 Å². The van der Waals surface area contributed by atoms with Crippen LogP contribution in [0.15, 0.2) is 24.3 Å². The standard InChI is InChI=1S/C14H23NO3/c1-14(2,18-5)13(16)10-15(3)11-8-6-7-9-12(11)17-4/h6-9,13,16H,10H2,1-5H3. The number of methoxy groups -OCH3 is 2. The third kappa shape index (κ3) is 3.37. The van der Waals surface area contributed by atoms with E-state index in [1.807, 2.05) is 50.1 Å². The van der Waals surface area contributed by atoms with Crippen LogP contribution in [0.1, 0.15) is 13.8 Å². The molecule has 0 heterocycles. The normalized spacial score (nSPS) is 13.2. The SMILES string of the molecule is COc1ccccc1N(C)CC(O)C(C)(C)OC. The minimum Gasteiger partial charge on any atom is -0.495 e. The van der Waals surface area contributed by atoms with Crippen molar-refractivity contribution < 1.29 is 14.6 Å². The second-order valence-corrected chi connectivity index (χ2v) is 4.88. The number of aliphatic hydroxyl groups excluding tert-OH is 1. The van der Waals surface area contributed by atoms with Crippen LogP contribution in [0, 0.1) is 0 Å². The highest BCUT2D eigenvalue weighted by Gasteiger charge is 2.28. The number of hydrogen-bond donors (Lipinski definition) is 1. The first-order chi connectivity index (χ1) is 8.42. The van der Waals surface area contributed by atoms with Crippen molar-refractivity contribution in [2.75, 3.05) is 32.7 Å². The summed E-state index contributed by atoms with van der Waals surface area (Å²) < 4.78 is 10.6. The lowest BCUT2D eigenvalue weighted by Crippen LogP contribution is -2.45. The average molecular weight is 253 g/mol. The van der Waals surface area contributed by atoms with Gasteiger partial charge in [0.05, 0.1) is 24.5 Å². The number of benzene rings is 1. The quantitative estimate of drug-likeness (QED) is 0.841. The molecule has 102 valence electrons. The zero-order valence-electron chi connectivity index (χ0n) is 11.8. The topological polar surface area (TPSA) is 41.9 Å². The van der Waals surface area contributed by atoms with Gasteiger partial charge in [0.15, 0.2) is 0 Å². The maximum Gasteiger partial charge on any atom is 0.142 e. The van der Waals surface area contributed by atoms with Crippen molar-refractivity contribution in [3.63, 3.8) is 0 Å². The molecule has 4 heteroatoms. The minimum absolute atomic E-state index is 0.473. The molecule has 0 aliphatic carbocycles. The molecule has 1 atom stereocenters. The summed E-state index contributed by atoms with van der Waals surface area (Å²) in [6.07, 6.45) is -0.586. The third-order valence-corrected chi connectivity index (χ3v) is 3.27. The number of likely N-dealkylation sites (N-methyl/N-ethyl adjacent to an activating group) is 1. The van der Waals surface area contributed by atoms with Crippen LogP contribution in [0.2, 0.25) is 0 Å². The summed E-state index contributed by atoms with van der Waals surface area (Å²) in [4.78, 5) is 1.96. The van der Waals surface area contributed by atoms with E-state index in [-0.39, 0.29) is 0 Å². The van der Waals surface area contributed by atoms with E-state index in [1.165, 1.54) is 0 Å². The van der Waals surface area contributed by atoms with Crippen LogP contribution >= 0.6 is 0 Å². The maximum atomic E-state index is 10.2. The molecule has 0 saturated heterocycles. The van der Waals surface area contributed by atoms with Crippen molar-refractivity contribution in [2.24, 2.45) is 0 Å². The number of aliphatic hydroxyl groups is 1. The van der Waals surface area contributed by atoms with Crippen molar-refractivity contribution >= 4 is 5.69 Å². The number of para-hydroxylation sites is 2. The highest BCUT2D eigenvalue weighted by atomic mass is 16.5. The van der Waals surface area contributed by atoms with E-state index in [0.717, 1.165) is 11.4 Å². The van der Waals surface area contributed by atoms with Crippen molar-refractivity contribution in [1.82, 2.24) is 0 Å². The largest absolute Gasteiger partial charge is 0.495 e. The third-order valence-electron chi connectivity index (χ3n) is 3.27. The van der Waals surface area contributed by atoms with Gasteiger partial charge in [-0.15, -0.1) is 0 Å². The molecule has 1 unspecified atom stereocenters. The number of ether oxygens (including phenoxy) is 2. The zero-order chi connectivity index (χ0) is 13.8. The molecule has 18 heavy (non-hydrogen) atoms. The highest BCUT2D eigenvalue weighted by molar-refractivity contribution is 5.57. The van der Waals surface area contributed by atoms with Crippen molar-refractivity contribution in [2.45, 2.75) is 25.6 Å². The molecule has 1 aromatic carbocycles. The Labute approximate surface area is 109 Å². The molecule has 0 aliphatic rings. The molecule has 0 aromatic heterocycles. The van der Waals surface area contributed by atoms with Gasteiger partial charge in [-0.25, -0.2) is 0 Å². The second kappa shape index (κ2) is 6.07. The van der Waals surface area contributed by atoms with Gasteiger partial charge in [0.2, 0.25) is 0 Å². The van der Waals surface area contributed by atoms with Gasteiger partial charge in [-0.1, -0.05) is 12.1 Å². The number of nitrogens with zero attached hydrogens (tertiary/aromatic N) is 1. The van der Waals surface area contributed by atoms with Crippen LogP contribution < -0.4 is 9.64 Å². The van der Waals surface area contributed by atoms with Gasteiger partial charge in [-0.05, 0) is 26.0 Å². The summed E-state index contributed by atoms with van der Waals surface area (Å²) in [5.74, 6) is 0.794. The summed E-state index contributed by atoms with van der Waals surface area (Å²) in [5, 5.41) is 10.2. The Morgan fingerprint density at radius 3 is 2.44 bits per heavy atom. The monoisotopic (exact) mass is 253 g/mol. The molecule has 0 amide bonds. The molecule has 0 saturated carbocycles. The number of rotatable bonds is 6. The molecule has 0 spiro atoms. The Bertz CT molecular complexity index is 379. The Morgan fingerprint density at radius 1 is 1.28 bits per heavy atom.